The third-order valence-electron chi connectivity index (χ3n) is 3.59. The first-order valence-electron chi connectivity index (χ1n) is 7.23. The van der Waals surface area contributed by atoms with Crippen molar-refractivity contribution >= 4 is 11.6 Å². The molecule has 23 heavy (non-hydrogen) atoms. The highest BCUT2D eigenvalue weighted by Crippen LogP contribution is 2.28. The summed E-state index contributed by atoms with van der Waals surface area (Å²) in [6.07, 6.45) is 3.96. The van der Waals surface area contributed by atoms with Gasteiger partial charge in [-0.25, -0.2) is 0 Å². The Bertz CT molecular complexity index is 927. The van der Waals surface area contributed by atoms with E-state index in [0.717, 1.165) is 22.8 Å². The summed E-state index contributed by atoms with van der Waals surface area (Å²) < 4.78 is 3.83. The molecule has 0 amide bonds. The fourth-order valence-corrected chi connectivity index (χ4v) is 2.74. The van der Waals surface area contributed by atoms with Gasteiger partial charge in [-0.3, -0.25) is 0 Å². The predicted molar refractivity (Wildman–Crippen MR) is 91.1 cm³/mol. The lowest BCUT2D eigenvalue weighted by molar-refractivity contribution is 0.775. The molecule has 0 bridgehead atoms. The van der Waals surface area contributed by atoms with Crippen LogP contribution in [0.15, 0.2) is 79.1 Å². The summed E-state index contributed by atoms with van der Waals surface area (Å²) in [4.78, 5) is 0. The summed E-state index contributed by atoms with van der Waals surface area (Å²) >= 11 is 6.13. The van der Waals surface area contributed by atoms with Crippen LogP contribution < -0.4 is 0 Å². The Morgan fingerprint density at radius 1 is 0.826 bits per heavy atom. The zero-order valence-electron chi connectivity index (χ0n) is 12.2. The maximum absolute atomic E-state index is 6.13. The van der Waals surface area contributed by atoms with Gasteiger partial charge in [0.15, 0.2) is 5.82 Å². The van der Waals surface area contributed by atoms with Gasteiger partial charge in [0.05, 0.1) is 5.69 Å². The molecule has 0 aliphatic carbocycles. The monoisotopic (exact) mass is 320 g/mol. The van der Waals surface area contributed by atoms with Crippen LogP contribution in [0.5, 0.6) is 0 Å². The first-order chi connectivity index (χ1) is 11.3. The minimum atomic E-state index is 0.676. The van der Waals surface area contributed by atoms with E-state index in [0.29, 0.717) is 5.02 Å². The second-order valence-corrected chi connectivity index (χ2v) is 5.55. The number of aromatic nitrogens is 4. The summed E-state index contributed by atoms with van der Waals surface area (Å²) in [7, 11) is 0. The van der Waals surface area contributed by atoms with Gasteiger partial charge >= 0.3 is 0 Å². The Labute approximate surface area is 138 Å². The van der Waals surface area contributed by atoms with E-state index in [1.807, 2.05) is 88.4 Å². The Morgan fingerprint density at radius 2 is 1.61 bits per heavy atom. The standard InChI is InChI=1S/C18H13ClN4/c19-15-8-6-7-14(13-15)17-18(22-11-4-5-12-22)23(21-20-17)16-9-2-1-3-10-16/h1-13H. The van der Waals surface area contributed by atoms with Crippen LogP contribution in [-0.2, 0) is 0 Å². The molecule has 0 fully saturated rings. The molecule has 2 heterocycles. The predicted octanol–water partition coefficient (Wildman–Crippen LogP) is 4.38. The molecule has 0 saturated heterocycles. The van der Waals surface area contributed by atoms with Crippen LogP contribution in [0.25, 0.3) is 22.8 Å². The van der Waals surface area contributed by atoms with E-state index in [1.54, 1.807) is 0 Å². The molecule has 112 valence electrons. The number of hydrogen-bond acceptors (Lipinski definition) is 2. The Kier molecular flexibility index (Phi) is 3.44. The maximum atomic E-state index is 6.13. The van der Waals surface area contributed by atoms with Crippen LogP contribution in [0.2, 0.25) is 5.02 Å². The van der Waals surface area contributed by atoms with Crippen LogP contribution in [0.1, 0.15) is 0 Å². The van der Waals surface area contributed by atoms with Crippen LogP contribution in [0.3, 0.4) is 0 Å². The van der Waals surface area contributed by atoms with Crippen molar-refractivity contribution in [2.45, 2.75) is 0 Å². The molecule has 0 aliphatic heterocycles. The van der Waals surface area contributed by atoms with Crippen molar-refractivity contribution in [3.63, 3.8) is 0 Å². The second kappa shape index (κ2) is 5.74. The van der Waals surface area contributed by atoms with Crippen molar-refractivity contribution in [1.82, 2.24) is 19.6 Å². The molecular formula is C18H13ClN4. The fraction of sp³-hybridized carbons (Fsp3) is 0. The van der Waals surface area contributed by atoms with Gasteiger partial charge in [-0.05, 0) is 36.4 Å². The van der Waals surface area contributed by atoms with E-state index in [9.17, 15) is 0 Å². The molecule has 0 spiro atoms. The van der Waals surface area contributed by atoms with Gasteiger partial charge in [-0.2, -0.15) is 4.68 Å². The largest absolute Gasteiger partial charge is 0.307 e. The molecule has 2 aromatic carbocycles. The van der Waals surface area contributed by atoms with Gasteiger partial charge in [0, 0.05) is 23.0 Å². The van der Waals surface area contributed by atoms with E-state index in [1.165, 1.54) is 0 Å². The van der Waals surface area contributed by atoms with Gasteiger partial charge in [-0.1, -0.05) is 47.1 Å². The van der Waals surface area contributed by atoms with Gasteiger partial charge in [0.2, 0.25) is 0 Å². The summed E-state index contributed by atoms with van der Waals surface area (Å²) in [5, 5.41) is 9.42. The van der Waals surface area contributed by atoms with E-state index in [4.69, 9.17) is 11.6 Å². The highest BCUT2D eigenvalue weighted by molar-refractivity contribution is 6.30. The Morgan fingerprint density at radius 3 is 2.35 bits per heavy atom. The Balaban J connectivity index is 1.96. The minimum absolute atomic E-state index is 0.676. The molecule has 0 aliphatic rings. The van der Waals surface area contributed by atoms with Gasteiger partial charge in [0.25, 0.3) is 0 Å². The number of halogens is 1. The average molecular weight is 321 g/mol. The quantitative estimate of drug-likeness (QED) is 0.561. The topological polar surface area (TPSA) is 35.6 Å². The van der Waals surface area contributed by atoms with Crippen molar-refractivity contribution in [3.8, 4) is 22.8 Å². The molecule has 0 saturated carbocycles. The average Bonchev–Trinajstić information content (AvgIpc) is 3.25. The molecule has 0 N–H and O–H groups in total. The fourth-order valence-electron chi connectivity index (χ4n) is 2.55. The highest BCUT2D eigenvalue weighted by atomic mass is 35.5. The molecule has 4 rings (SSSR count). The summed E-state index contributed by atoms with van der Waals surface area (Å²) in [5.74, 6) is 0.878. The van der Waals surface area contributed by atoms with Gasteiger partial charge in [-0.15, -0.1) is 5.10 Å². The van der Waals surface area contributed by atoms with Crippen molar-refractivity contribution in [2.75, 3.05) is 0 Å². The van der Waals surface area contributed by atoms with Crippen molar-refractivity contribution in [1.29, 1.82) is 0 Å². The first-order valence-corrected chi connectivity index (χ1v) is 7.61. The summed E-state index contributed by atoms with van der Waals surface area (Å²) in [5.41, 5.74) is 2.67. The molecule has 0 radical (unpaired) electrons. The SMILES string of the molecule is Clc1cccc(-c2nnn(-c3ccccc3)c2-n2cccc2)c1. The molecule has 4 aromatic rings. The lowest BCUT2D eigenvalue weighted by atomic mass is 10.1. The van der Waals surface area contributed by atoms with Crippen LogP contribution >= 0.6 is 11.6 Å². The molecule has 5 heteroatoms. The molecular weight excluding hydrogens is 308 g/mol. The lowest BCUT2D eigenvalue weighted by Crippen LogP contribution is -2.04. The highest BCUT2D eigenvalue weighted by Gasteiger charge is 2.17. The van der Waals surface area contributed by atoms with Crippen LogP contribution in [0.4, 0.5) is 0 Å². The van der Waals surface area contributed by atoms with Crippen LogP contribution in [-0.4, -0.2) is 19.6 Å². The third-order valence-corrected chi connectivity index (χ3v) is 3.83. The van der Waals surface area contributed by atoms with Crippen LogP contribution in [0, 0.1) is 0 Å². The number of rotatable bonds is 3. The minimum Gasteiger partial charge on any atom is -0.307 e. The summed E-state index contributed by atoms with van der Waals surface area (Å²) in [6.45, 7) is 0. The van der Waals surface area contributed by atoms with Crippen molar-refractivity contribution < 1.29 is 0 Å². The number of benzene rings is 2. The summed E-state index contributed by atoms with van der Waals surface area (Å²) in [6, 6.07) is 21.5. The zero-order valence-corrected chi connectivity index (χ0v) is 12.9. The van der Waals surface area contributed by atoms with E-state index < -0.39 is 0 Å². The van der Waals surface area contributed by atoms with Crippen molar-refractivity contribution in [2.24, 2.45) is 0 Å². The van der Waals surface area contributed by atoms with Crippen molar-refractivity contribution in [3.05, 3.63) is 84.1 Å². The smallest absolute Gasteiger partial charge is 0.169 e. The number of nitrogens with zero attached hydrogens (tertiary/aromatic N) is 4. The second-order valence-electron chi connectivity index (χ2n) is 5.11. The Hall–Kier alpha value is -2.85. The van der Waals surface area contributed by atoms with Gasteiger partial charge in [0.1, 0.15) is 5.69 Å². The van der Waals surface area contributed by atoms with E-state index in [-0.39, 0.29) is 0 Å². The molecule has 4 nitrogen and oxygen atoms in total. The normalized spacial score (nSPS) is 10.8. The lowest BCUT2D eigenvalue weighted by Gasteiger charge is -2.09. The first kappa shape index (κ1) is 13.8. The maximum Gasteiger partial charge on any atom is 0.169 e. The number of hydrogen-bond donors (Lipinski definition) is 0. The third kappa shape index (κ3) is 2.53. The molecule has 0 atom stereocenters. The molecule has 2 aromatic heterocycles. The zero-order chi connectivity index (χ0) is 15.6. The number of para-hydroxylation sites is 1. The van der Waals surface area contributed by atoms with E-state index >= 15 is 0 Å². The van der Waals surface area contributed by atoms with E-state index in [2.05, 4.69) is 10.3 Å². The van der Waals surface area contributed by atoms with Gasteiger partial charge < -0.3 is 4.57 Å². The molecule has 0 unspecified atom stereocenters.